The zero-order valence-electron chi connectivity index (χ0n) is 11.0. The normalized spacial score (nSPS) is 12.9. The summed E-state index contributed by atoms with van der Waals surface area (Å²) in [4.78, 5) is 13.4. The molecule has 1 atom stereocenters. The molecule has 0 saturated heterocycles. The highest BCUT2D eigenvalue weighted by molar-refractivity contribution is 7.90. The number of hydrogen-bond acceptors (Lipinski definition) is 4. The van der Waals surface area contributed by atoms with Crippen LogP contribution in [0, 0.1) is 0 Å². The summed E-state index contributed by atoms with van der Waals surface area (Å²) in [6.45, 7) is 1.70. The van der Waals surface area contributed by atoms with Crippen LogP contribution in [0.4, 0.5) is 5.69 Å². The van der Waals surface area contributed by atoms with Gasteiger partial charge in [0.2, 0.25) is 5.91 Å². The van der Waals surface area contributed by atoms with Gasteiger partial charge in [0.25, 0.3) is 0 Å². The van der Waals surface area contributed by atoms with Crippen molar-refractivity contribution in [2.75, 3.05) is 25.7 Å². The molecule has 1 aromatic rings. The molecule has 0 spiro atoms. The lowest BCUT2D eigenvalue weighted by molar-refractivity contribution is -0.129. The van der Waals surface area contributed by atoms with E-state index in [-0.39, 0.29) is 10.8 Å². The highest BCUT2D eigenvalue weighted by Gasteiger charge is 2.18. The molecule has 0 fully saturated rings. The van der Waals surface area contributed by atoms with Gasteiger partial charge in [0, 0.05) is 20.4 Å². The first kappa shape index (κ1) is 14.5. The molecule has 18 heavy (non-hydrogen) atoms. The van der Waals surface area contributed by atoms with Gasteiger partial charge in [0.05, 0.1) is 10.6 Å². The van der Waals surface area contributed by atoms with Gasteiger partial charge in [0.1, 0.15) is 6.04 Å². The second-order valence-electron chi connectivity index (χ2n) is 4.37. The molecule has 6 heteroatoms. The third-order valence-electron chi connectivity index (χ3n) is 2.47. The monoisotopic (exact) mass is 270 g/mol. The van der Waals surface area contributed by atoms with Gasteiger partial charge in [-0.15, -0.1) is 0 Å². The Kier molecular flexibility index (Phi) is 4.34. The first-order valence-electron chi connectivity index (χ1n) is 5.50. The van der Waals surface area contributed by atoms with Crippen molar-refractivity contribution in [1.82, 2.24) is 4.90 Å². The number of carbonyl (C=O) groups excluding carboxylic acids is 1. The van der Waals surface area contributed by atoms with Gasteiger partial charge in [-0.2, -0.15) is 0 Å². The molecule has 5 nitrogen and oxygen atoms in total. The Hall–Kier alpha value is -1.56. The summed E-state index contributed by atoms with van der Waals surface area (Å²) >= 11 is 0. The first-order chi connectivity index (χ1) is 8.23. The van der Waals surface area contributed by atoms with Crippen molar-refractivity contribution < 1.29 is 13.2 Å². The fraction of sp³-hybridized carbons (Fsp3) is 0.417. The van der Waals surface area contributed by atoms with Crippen LogP contribution in [0.3, 0.4) is 0 Å². The molecule has 0 saturated carbocycles. The van der Waals surface area contributed by atoms with Crippen LogP contribution in [0.15, 0.2) is 29.2 Å². The van der Waals surface area contributed by atoms with E-state index in [0.717, 1.165) is 6.26 Å². The van der Waals surface area contributed by atoms with E-state index in [2.05, 4.69) is 5.32 Å². The van der Waals surface area contributed by atoms with Crippen LogP contribution in [0.25, 0.3) is 0 Å². The molecule has 0 aliphatic rings. The van der Waals surface area contributed by atoms with E-state index in [0.29, 0.717) is 5.69 Å². The Labute approximate surface area is 108 Å². The first-order valence-corrected chi connectivity index (χ1v) is 7.39. The maximum atomic E-state index is 11.7. The number of nitrogens with one attached hydrogen (secondary N) is 1. The van der Waals surface area contributed by atoms with Crippen molar-refractivity contribution in [3.8, 4) is 0 Å². The molecule has 100 valence electrons. The number of sulfone groups is 1. The second kappa shape index (κ2) is 5.39. The summed E-state index contributed by atoms with van der Waals surface area (Å²) in [6, 6.07) is 6.06. The molecule has 0 radical (unpaired) electrons. The van der Waals surface area contributed by atoms with Crippen molar-refractivity contribution >= 4 is 21.4 Å². The number of para-hydroxylation sites is 1. The van der Waals surface area contributed by atoms with Crippen LogP contribution >= 0.6 is 0 Å². The molecule has 0 aliphatic carbocycles. The number of nitrogens with zero attached hydrogens (tertiary/aromatic N) is 1. The largest absolute Gasteiger partial charge is 0.373 e. The number of hydrogen-bond donors (Lipinski definition) is 1. The Bertz CT molecular complexity index is 538. The molecule has 1 unspecified atom stereocenters. The molecule has 1 rings (SSSR count). The minimum atomic E-state index is -3.31. The van der Waals surface area contributed by atoms with Crippen molar-refractivity contribution in [1.29, 1.82) is 0 Å². The minimum Gasteiger partial charge on any atom is -0.373 e. The van der Waals surface area contributed by atoms with Crippen LogP contribution in [-0.2, 0) is 14.6 Å². The van der Waals surface area contributed by atoms with Crippen LogP contribution < -0.4 is 5.32 Å². The molecule has 1 amide bonds. The summed E-state index contributed by atoms with van der Waals surface area (Å²) < 4.78 is 23.2. The predicted molar refractivity (Wildman–Crippen MR) is 71.3 cm³/mol. The van der Waals surface area contributed by atoms with Crippen LogP contribution in [-0.4, -0.2) is 45.6 Å². The SMILES string of the molecule is CC(Nc1ccccc1S(C)(=O)=O)C(=O)N(C)C. The number of benzene rings is 1. The number of likely N-dealkylation sites (N-methyl/N-ethyl adjacent to an activating group) is 1. The number of amides is 1. The summed E-state index contributed by atoms with van der Waals surface area (Å²) in [6.07, 6.45) is 1.14. The van der Waals surface area contributed by atoms with E-state index < -0.39 is 15.9 Å². The third-order valence-corrected chi connectivity index (χ3v) is 3.62. The molecule has 0 aliphatic heterocycles. The van der Waals surface area contributed by atoms with E-state index in [1.807, 2.05) is 0 Å². The van der Waals surface area contributed by atoms with Gasteiger partial charge in [-0.3, -0.25) is 4.79 Å². The smallest absolute Gasteiger partial charge is 0.244 e. The van der Waals surface area contributed by atoms with Gasteiger partial charge in [0.15, 0.2) is 9.84 Å². The summed E-state index contributed by atoms with van der Waals surface area (Å²) in [7, 11) is -0.000979. The lowest BCUT2D eigenvalue weighted by Gasteiger charge is -2.20. The van der Waals surface area contributed by atoms with E-state index in [9.17, 15) is 13.2 Å². The van der Waals surface area contributed by atoms with Gasteiger partial charge in [-0.1, -0.05) is 12.1 Å². The maximum absolute atomic E-state index is 11.7. The van der Waals surface area contributed by atoms with Crippen molar-refractivity contribution in [2.24, 2.45) is 0 Å². The third kappa shape index (κ3) is 3.46. The van der Waals surface area contributed by atoms with E-state index in [4.69, 9.17) is 0 Å². The van der Waals surface area contributed by atoms with E-state index in [1.165, 1.54) is 11.0 Å². The Morgan fingerprint density at radius 3 is 2.33 bits per heavy atom. The van der Waals surface area contributed by atoms with Gasteiger partial charge >= 0.3 is 0 Å². The van der Waals surface area contributed by atoms with Crippen molar-refractivity contribution in [3.05, 3.63) is 24.3 Å². The number of carbonyl (C=O) groups is 1. The molecular weight excluding hydrogens is 252 g/mol. The van der Waals surface area contributed by atoms with Crippen molar-refractivity contribution in [3.63, 3.8) is 0 Å². The quantitative estimate of drug-likeness (QED) is 0.885. The summed E-state index contributed by atoms with van der Waals surface area (Å²) in [5, 5.41) is 2.93. The molecule has 1 aromatic carbocycles. The maximum Gasteiger partial charge on any atom is 0.244 e. The molecule has 0 aromatic heterocycles. The molecular formula is C12H18N2O3S. The number of anilines is 1. The zero-order valence-corrected chi connectivity index (χ0v) is 11.8. The van der Waals surface area contributed by atoms with Gasteiger partial charge in [-0.25, -0.2) is 8.42 Å². The number of rotatable bonds is 4. The standard InChI is InChI=1S/C12H18N2O3S/c1-9(12(15)14(2)3)13-10-7-5-6-8-11(10)18(4,16)17/h5-9,13H,1-4H3. The summed E-state index contributed by atoms with van der Waals surface area (Å²) in [5.74, 6) is -0.113. The lowest BCUT2D eigenvalue weighted by Crippen LogP contribution is -2.36. The van der Waals surface area contributed by atoms with Crippen LogP contribution in [0.5, 0.6) is 0 Å². The summed E-state index contributed by atoms with van der Waals surface area (Å²) in [5.41, 5.74) is 0.447. The molecule has 0 bridgehead atoms. The van der Waals surface area contributed by atoms with Gasteiger partial charge in [-0.05, 0) is 19.1 Å². The Balaban J connectivity index is 3.03. The highest BCUT2D eigenvalue weighted by Crippen LogP contribution is 2.21. The second-order valence-corrected chi connectivity index (χ2v) is 6.35. The molecule has 0 heterocycles. The highest BCUT2D eigenvalue weighted by atomic mass is 32.2. The Morgan fingerprint density at radius 1 is 1.28 bits per heavy atom. The topological polar surface area (TPSA) is 66.5 Å². The lowest BCUT2D eigenvalue weighted by atomic mass is 10.2. The average Bonchev–Trinajstić information content (AvgIpc) is 2.27. The fourth-order valence-corrected chi connectivity index (χ4v) is 2.44. The fourth-order valence-electron chi connectivity index (χ4n) is 1.59. The average molecular weight is 270 g/mol. The van der Waals surface area contributed by atoms with Crippen LogP contribution in [0.2, 0.25) is 0 Å². The van der Waals surface area contributed by atoms with E-state index in [1.54, 1.807) is 39.2 Å². The van der Waals surface area contributed by atoms with Crippen LogP contribution in [0.1, 0.15) is 6.92 Å². The van der Waals surface area contributed by atoms with Crippen molar-refractivity contribution in [2.45, 2.75) is 17.9 Å². The zero-order chi connectivity index (χ0) is 13.9. The molecule has 1 N–H and O–H groups in total. The minimum absolute atomic E-state index is 0.113. The Morgan fingerprint density at radius 2 is 1.83 bits per heavy atom. The van der Waals surface area contributed by atoms with Gasteiger partial charge < -0.3 is 10.2 Å². The van der Waals surface area contributed by atoms with E-state index >= 15 is 0 Å². The predicted octanol–water partition coefficient (Wildman–Crippen LogP) is 0.979.